The highest BCUT2D eigenvalue weighted by Gasteiger charge is 2.17. The van der Waals surface area contributed by atoms with Crippen LogP contribution in [0, 0.1) is 6.92 Å². The molecule has 5 nitrogen and oxygen atoms in total. The van der Waals surface area contributed by atoms with Gasteiger partial charge in [0.1, 0.15) is 5.60 Å². The Morgan fingerprint density at radius 3 is 2.10 bits per heavy atom. The maximum Gasteiger partial charge on any atom is 0.338 e. The first kappa shape index (κ1) is 23.1. The van der Waals surface area contributed by atoms with E-state index >= 15 is 0 Å². The molecular weight excluding hydrogens is 388 g/mol. The molecule has 0 aliphatic heterocycles. The average Bonchev–Trinajstić information content (AvgIpc) is 2.64. The number of hydrogen-bond donors (Lipinski definition) is 0. The van der Waals surface area contributed by atoms with Crippen LogP contribution in [0.5, 0.6) is 0 Å². The van der Waals surface area contributed by atoms with Crippen LogP contribution in [-0.2, 0) is 25.5 Å². The molecule has 0 radical (unpaired) electrons. The average molecular weight is 419 g/mol. The SMILES string of the molecule is Cc1ccc(S(=O)(=O)OCCCCCc2ccc(C(=O)OC(C)(C)C)cc2)cc1. The molecule has 6 heteroatoms. The maximum atomic E-state index is 12.1. The third kappa shape index (κ3) is 7.99. The van der Waals surface area contributed by atoms with Gasteiger partial charge in [-0.05, 0) is 76.8 Å². The molecule has 158 valence electrons. The predicted molar refractivity (Wildman–Crippen MR) is 113 cm³/mol. The van der Waals surface area contributed by atoms with Crippen molar-refractivity contribution in [1.29, 1.82) is 0 Å². The minimum atomic E-state index is -3.69. The summed E-state index contributed by atoms with van der Waals surface area (Å²) in [4.78, 5) is 12.2. The summed E-state index contributed by atoms with van der Waals surface area (Å²) < 4.78 is 34.7. The smallest absolute Gasteiger partial charge is 0.338 e. The van der Waals surface area contributed by atoms with Crippen molar-refractivity contribution in [3.05, 3.63) is 65.2 Å². The summed E-state index contributed by atoms with van der Waals surface area (Å²) >= 11 is 0. The van der Waals surface area contributed by atoms with E-state index < -0.39 is 15.7 Å². The molecule has 0 saturated heterocycles. The summed E-state index contributed by atoms with van der Waals surface area (Å²) in [6.07, 6.45) is 3.30. The van der Waals surface area contributed by atoms with E-state index in [2.05, 4.69) is 0 Å². The monoisotopic (exact) mass is 418 g/mol. The number of unbranched alkanes of at least 4 members (excludes halogenated alkanes) is 2. The van der Waals surface area contributed by atoms with Crippen LogP contribution in [0.1, 0.15) is 61.5 Å². The topological polar surface area (TPSA) is 69.7 Å². The van der Waals surface area contributed by atoms with Gasteiger partial charge in [-0.1, -0.05) is 36.2 Å². The van der Waals surface area contributed by atoms with Gasteiger partial charge in [0, 0.05) is 0 Å². The van der Waals surface area contributed by atoms with Crippen molar-refractivity contribution in [1.82, 2.24) is 0 Å². The summed E-state index contributed by atoms with van der Waals surface area (Å²) in [5, 5.41) is 0. The van der Waals surface area contributed by atoms with Gasteiger partial charge in [0.2, 0.25) is 0 Å². The molecule has 0 atom stereocenters. The highest BCUT2D eigenvalue weighted by Crippen LogP contribution is 2.16. The zero-order chi connectivity index (χ0) is 21.5. The number of carbonyl (C=O) groups excluding carboxylic acids is 1. The summed E-state index contributed by atoms with van der Waals surface area (Å²) in [6.45, 7) is 7.61. The van der Waals surface area contributed by atoms with E-state index in [1.807, 2.05) is 39.8 Å². The molecule has 0 heterocycles. The molecular formula is C23H30O5S. The zero-order valence-electron chi connectivity index (χ0n) is 17.6. The lowest BCUT2D eigenvalue weighted by molar-refractivity contribution is 0.00695. The molecule has 2 aromatic carbocycles. The van der Waals surface area contributed by atoms with E-state index in [-0.39, 0.29) is 17.5 Å². The molecule has 2 rings (SSSR count). The Morgan fingerprint density at radius 2 is 1.52 bits per heavy atom. The normalized spacial score (nSPS) is 12.0. The fourth-order valence-electron chi connectivity index (χ4n) is 2.69. The van der Waals surface area contributed by atoms with E-state index in [9.17, 15) is 13.2 Å². The predicted octanol–water partition coefficient (Wildman–Crippen LogP) is 5.07. The first-order chi connectivity index (χ1) is 13.6. The molecule has 0 N–H and O–H groups in total. The molecule has 0 saturated carbocycles. The lowest BCUT2D eigenvalue weighted by Crippen LogP contribution is -2.23. The van der Waals surface area contributed by atoms with Gasteiger partial charge in [0.15, 0.2) is 0 Å². The third-order valence-corrected chi connectivity index (χ3v) is 5.57. The molecule has 0 aromatic heterocycles. The molecule has 0 amide bonds. The van der Waals surface area contributed by atoms with E-state index in [0.717, 1.165) is 30.4 Å². The highest BCUT2D eigenvalue weighted by molar-refractivity contribution is 7.86. The molecule has 2 aromatic rings. The van der Waals surface area contributed by atoms with E-state index in [1.165, 1.54) is 0 Å². The van der Waals surface area contributed by atoms with Crippen LogP contribution in [0.25, 0.3) is 0 Å². The second kappa shape index (κ2) is 10.0. The number of aryl methyl sites for hydroxylation is 2. The van der Waals surface area contributed by atoms with Crippen molar-refractivity contribution in [2.45, 2.75) is 63.9 Å². The molecule has 0 fully saturated rings. The van der Waals surface area contributed by atoms with Gasteiger partial charge in [-0.2, -0.15) is 8.42 Å². The lowest BCUT2D eigenvalue weighted by atomic mass is 10.1. The molecule has 29 heavy (non-hydrogen) atoms. The fourth-order valence-corrected chi connectivity index (χ4v) is 3.64. The van der Waals surface area contributed by atoms with Crippen molar-refractivity contribution in [3.8, 4) is 0 Å². The number of carbonyl (C=O) groups is 1. The number of benzene rings is 2. The number of ether oxygens (including phenoxy) is 1. The first-order valence-corrected chi connectivity index (χ1v) is 11.3. The molecule has 0 unspecified atom stereocenters. The summed E-state index contributed by atoms with van der Waals surface area (Å²) in [6, 6.07) is 14.0. The third-order valence-electron chi connectivity index (χ3n) is 4.25. The van der Waals surface area contributed by atoms with Crippen LogP contribution in [0.15, 0.2) is 53.4 Å². The van der Waals surface area contributed by atoms with Crippen LogP contribution >= 0.6 is 0 Å². The Labute approximate surface area is 174 Å². The summed E-state index contributed by atoms with van der Waals surface area (Å²) in [5.41, 5.74) is 2.16. The zero-order valence-corrected chi connectivity index (χ0v) is 18.4. The Morgan fingerprint density at radius 1 is 0.897 bits per heavy atom. The Bertz CT molecular complexity index is 892. The molecule has 0 bridgehead atoms. The van der Waals surface area contributed by atoms with E-state index in [0.29, 0.717) is 12.0 Å². The largest absolute Gasteiger partial charge is 0.456 e. The Hall–Kier alpha value is -2.18. The maximum absolute atomic E-state index is 12.1. The van der Waals surface area contributed by atoms with Crippen LogP contribution in [0.2, 0.25) is 0 Å². The fraction of sp³-hybridized carbons (Fsp3) is 0.435. The highest BCUT2D eigenvalue weighted by atomic mass is 32.2. The minimum absolute atomic E-state index is 0.174. The van der Waals surface area contributed by atoms with Gasteiger partial charge in [-0.15, -0.1) is 0 Å². The van der Waals surface area contributed by atoms with Gasteiger partial charge < -0.3 is 4.74 Å². The Kier molecular flexibility index (Phi) is 7.99. The summed E-state index contributed by atoms with van der Waals surface area (Å²) in [7, 11) is -3.69. The van der Waals surface area contributed by atoms with Crippen molar-refractivity contribution >= 4 is 16.1 Å². The van der Waals surface area contributed by atoms with Gasteiger partial charge in [-0.25, -0.2) is 4.79 Å². The standard InChI is InChI=1S/C23H30O5S/c1-18-9-15-21(16-10-18)29(25,26)27-17-7-5-6-8-19-11-13-20(14-12-19)22(24)28-23(2,3)4/h9-16H,5-8,17H2,1-4H3. The quantitative estimate of drug-likeness (QED) is 0.323. The number of hydrogen-bond acceptors (Lipinski definition) is 5. The van der Waals surface area contributed by atoms with Crippen molar-refractivity contribution in [2.24, 2.45) is 0 Å². The minimum Gasteiger partial charge on any atom is -0.456 e. The van der Waals surface area contributed by atoms with Crippen LogP contribution in [-0.4, -0.2) is 26.6 Å². The second-order valence-corrected chi connectivity index (χ2v) is 9.71. The van der Waals surface area contributed by atoms with Crippen molar-refractivity contribution in [2.75, 3.05) is 6.61 Å². The number of esters is 1. The van der Waals surface area contributed by atoms with E-state index in [1.54, 1.807) is 36.4 Å². The molecule has 0 aliphatic rings. The van der Waals surface area contributed by atoms with Crippen LogP contribution < -0.4 is 0 Å². The van der Waals surface area contributed by atoms with Gasteiger partial charge >= 0.3 is 5.97 Å². The van der Waals surface area contributed by atoms with Gasteiger partial charge in [0.25, 0.3) is 10.1 Å². The van der Waals surface area contributed by atoms with Crippen LogP contribution in [0.3, 0.4) is 0 Å². The first-order valence-electron chi connectivity index (χ1n) is 9.85. The number of rotatable bonds is 9. The van der Waals surface area contributed by atoms with Crippen LogP contribution in [0.4, 0.5) is 0 Å². The van der Waals surface area contributed by atoms with E-state index in [4.69, 9.17) is 8.92 Å². The molecule has 0 spiro atoms. The molecule has 0 aliphatic carbocycles. The Balaban J connectivity index is 1.70. The summed E-state index contributed by atoms with van der Waals surface area (Å²) in [5.74, 6) is -0.323. The van der Waals surface area contributed by atoms with Gasteiger partial charge in [-0.3, -0.25) is 4.18 Å². The van der Waals surface area contributed by atoms with Crippen molar-refractivity contribution < 1.29 is 22.1 Å². The lowest BCUT2D eigenvalue weighted by Gasteiger charge is -2.19. The van der Waals surface area contributed by atoms with Crippen molar-refractivity contribution in [3.63, 3.8) is 0 Å². The van der Waals surface area contributed by atoms with Gasteiger partial charge in [0.05, 0.1) is 17.1 Å². The second-order valence-electron chi connectivity index (χ2n) is 8.10.